The number of benzene rings is 2. The Kier molecular flexibility index (Phi) is 3.59. The van der Waals surface area contributed by atoms with Crippen molar-refractivity contribution in [2.45, 2.75) is 6.92 Å². The van der Waals surface area contributed by atoms with Crippen molar-refractivity contribution in [2.24, 2.45) is 10.2 Å². The molecular weight excluding hydrogens is 320 g/mol. The Labute approximate surface area is 142 Å². The van der Waals surface area contributed by atoms with Gasteiger partial charge in [-0.2, -0.15) is 0 Å². The van der Waals surface area contributed by atoms with E-state index in [1.807, 2.05) is 61.5 Å². The van der Waals surface area contributed by atoms with Gasteiger partial charge in [-0.3, -0.25) is 0 Å². The number of fused-ring (bicyclic) bond motifs is 1. The Morgan fingerprint density at radius 2 is 1.75 bits per heavy atom. The molecule has 118 valence electrons. The van der Waals surface area contributed by atoms with Crippen molar-refractivity contribution in [3.63, 3.8) is 0 Å². The lowest BCUT2D eigenvalue weighted by Crippen LogP contribution is -1.78. The van der Waals surface area contributed by atoms with Gasteiger partial charge in [0, 0.05) is 15.8 Å². The smallest absolute Gasteiger partial charge is 0.230 e. The van der Waals surface area contributed by atoms with Crippen LogP contribution in [-0.2, 0) is 0 Å². The molecule has 0 aliphatic carbocycles. The first-order valence-corrected chi connectivity index (χ1v) is 8.28. The Morgan fingerprint density at radius 1 is 1.00 bits per heavy atom. The second kappa shape index (κ2) is 5.90. The number of thiazole rings is 1. The van der Waals surface area contributed by atoms with Gasteiger partial charge in [0.15, 0.2) is 5.69 Å². The molecule has 6 heteroatoms. The number of aromatic nitrogens is 2. The second-order valence-electron chi connectivity index (χ2n) is 5.34. The normalized spacial score (nSPS) is 11.5. The van der Waals surface area contributed by atoms with Crippen LogP contribution in [-0.4, -0.2) is 15.1 Å². The van der Waals surface area contributed by atoms with Crippen LogP contribution in [0.3, 0.4) is 0 Å². The van der Waals surface area contributed by atoms with Crippen LogP contribution >= 0.6 is 11.3 Å². The van der Waals surface area contributed by atoms with Crippen LogP contribution in [0.2, 0.25) is 0 Å². The Hall–Kier alpha value is -2.99. The monoisotopic (exact) mass is 334 g/mol. The van der Waals surface area contributed by atoms with Crippen molar-refractivity contribution >= 4 is 33.1 Å². The second-order valence-corrected chi connectivity index (χ2v) is 6.52. The molecule has 4 rings (SSSR count). The van der Waals surface area contributed by atoms with E-state index in [4.69, 9.17) is 0 Å². The molecular formula is C18H14N4OS. The predicted molar refractivity (Wildman–Crippen MR) is 96.4 cm³/mol. The number of para-hydroxylation sites is 1. The van der Waals surface area contributed by atoms with E-state index >= 15 is 0 Å². The highest BCUT2D eigenvalue weighted by molar-refractivity contribution is 7.15. The van der Waals surface area contributed by atoms with E-state index in [0.29, 0.717) is 10.8 Å². The topological polar surface area (TPSA) is 73.6 Å². The maximum atomic E-state index is 10.0. The first-order valence-electron chi connectivity index (χ1n) is 7.46. The zero-order valence-electron chi connectivity index (χ0n) is 12.9. The molecule has 2 N–H and O–H groups in total. The van der Waals surface area contributed by atoms with Crippen LogP contribution in [0.25, 0.3) is 22.2 Å². The molecule has 2 aromatic heterocycles. The summed E-state index contributed by atoms with van der Waals surface area (Å²) in [5.41, 5.74) is 3.23. The average molecular weight is 334 g/mol. The minimum Gasteiger partial charge on any atom is -0.493 e. The Balaban J connectivity index is 1.71. The molecule has 0 aliphatic rings. The van der Waals surface area contributed by atoms with Crippen LogP contribution < -0.4 is 0 Å². The molecule has 0 unspecified atom stereocenters. The fourth-order valence-electron chi connectivity index (χ4n) is 2.60. The molecule has 4 aromatic rings. The zero-order valence-corrected chi connectivity index (χ0v) is 13.7. The molecule has 0 spiro atoms. The number of aromatic amines is 1. The van der Waals surface area contributed by atoms with Gasteiger partial charge in [0.05, 0.1) is 11.2 Å². The first kappa shape index (κ1) is 14.6. The molecule has 0 saturated heterocycles. The third-order valence-electron chi connectivity index (χ3n) is 3.73. The molecule has 0 fully saturated rings. The molecule has 2 heterocycles. The minimum atomic E-state index is 0.0107. The molecule has 0 atom stereocenters. The third kappa shape index (κ3) is 2.57. The van der Waals surface area contributed by atoms with Gasteiger partial charge in [-0.05, 0) is 13.0 Å². The SMILES string of the molecule is Cc1sc(N=Nc2c(O)[nH]c3ccccc23)nc1-c1ccccc1. The van der Waals surface area contributed by atoms with E-state index in [1.165, 1.54) is 11.3 Å². The number of hydrogen-bond acceptors (Lipinski definition) is 5. The van der Waals surface area contributed by atoms with E-state index in [9.17, 15) is 5.11 Å². The summed E-state index contributed by atoms with van der Waals surface area (Å²) in [5.74, 6) is 0.0107. The number of H-pyrrole nitrogens is 1. The molecule has 0 aliphatic heterocycles. The molecule has 5 nitrogen and oxygen atoms in total. The Morgan fingerprint density at radius 3 is 2.58 bits per heavy atom. The summed E-state index contributed by atoms with van der Waals surface area (Å²) in [4.78, 5) is 8.53. The summed E-state index contributed by atoms with van der Waals surface area (Å²) in [6, 6.07) is 17.6. The van der Waals surface area contributed by atoms with Crippen molar-refractivity contribution in [3.05, 3.63) is 59.5 Å². The fraction of sp³-hybridized carbons (Fsp3) is 0.0556. The average Bonchev–Trinajstić information content (AvgIpc) is 3.13. The summed E-state index contributed by atoms with van der Waals surface area (Å²) >= 11 is 1.48. The number of nitrogens with zero attached hydrogens (tertiary/aromatic N) is 3. The summed E-state index contributed by atoms with van der Waals surface area (Å²) < 4.78 is 0. The van der Waals surface area contributed by atoms with E-state index in [1.54, 1.807) is 0 Å². The molecule has 0 amide bonds. The van der Waals surface area contributed by atoms with Crippen LogP contribution in [0.4, 0.5) is 10.8 Å². The number of rotatable bonds is 3. The number of hydrogen-bond donors (Lipinski definition) is 2. The van der Waals surface area contributed by atoms with Gasteiger partial charge in [0.1, 0.15) is 0 Å². The van der Waals surface area contributed by atoms with Gasteiger partial charge in [-0.25, -0.2) is 4.98 Å². The van der Waals surface area contributed by atoms with Crippen molar-refractivity contribution in [1.82, 2.24) is 9.97 Å². The van der Waals surface area contributed by atoms with Gasteiger partial charge in [-0.15, -0.1) is 10.2 Å². The van der Waals surface area contributed by atoms with E-state index in [2.05, 4.69) is 20.2 Å². The lowest BCUT2D eigenvalue weighted by atomic mass is 10.1. The van der Waals surface area contributed by atoms with Gasteiger partial charge < -0.3 is 10.1 Å². The lowest BCUT2D eigenvalue weighted by molar-refractivity contribution is 0.459. The molecule has 0 saturated carbocycles. The summed E-state index contributed by atoms with van der Waals surface area (Å²) in [6.45, 7) is 2.02. The zero-order chi connectivity index (χ0) is 16.5. The quantitative estimate of drug-likeness (QED) is 0.470. The molecule has 0 bridgehead atoms. The maximum Gasteiger partial charge on any atom is 0.230 e. The van der Waals surface area contributed by atoms with Crippen molar-refractivity contribution in [2.75, 3.05) is 0 Å². The highest BCUT2D eigenvalue weighted by Gasteiger charge is 2.12. The van der Waals surface area contributed by atoms with Crippen LogP contribution in [0.5, 0.6) is 5.88 Å². The predicted octanol–water partition coefficient (Wildman–Crippen LogP) is 5.72. The van der Waals surface area contributed by atoms with Crippen LogP contribution in [0.15, 0.2) is 64.8 Å². The highest BCUT2D eigenvalue weighted by atomic mass is 32.1. The van der Waals surface area contributed by atoms with E-state index in [0.717, 1.165) is 27.0 Å². The fourth-order valence-corrected chi connectivity index (χ4v) is 3.35. The minimum absolute atomic E-state index is 0.0107. The van der Waals surface area contributed by atoms with Crippen LogP contribution in [0, 0.1) is 6.92 Å². The van der Waals surface area contributed by atoms with Gasteiger partial charge in [0.25, 0.3) is 0 Å². The standard InChI is InChI=1S/C18H14N4OS/c1-11-15(12-7-3-2-4-8-12)20-18(24-11)22-21-16-13-9-5-6-10-14(13)19-17(16)23/h2-10,19,23H,1H3. The van der Waals surface area contributed by atoms with Gasteiger partial charge in [0.2, 0.25) is 11.0 Å². The van der Waals surface area contributed by atoms with E-state index in [-0.39, 0.29) is 5.88 Å². The number of nitrogens with one attached hydrogen (secondary N) is 1. The van der Waals surface area contributed by atoms with Crippen LogP contribution in [0.1, 0.15) is 4.88 Å². The maximum absolute atomic E-state index is 10.0. The summed E-state index contributed by atoms with van der Waals surface area (Å²) in [7, 11) is 0. The summed E-state index contributed by atoms with van der Waals surface area (Å²) in [5, 5.41) is 19.8. The number of aryl methyl sites for hydroxylation is 1. The molecule has 2 aromatic carbocycles. The summed E-state index contributed by atoms with van der Waals surface area (Å²) in [6.07, 6.45) is 0. The van der Waals surface area contributed by atoms with E-state index < -0.39 is 0 Å². The first-order chi connectivity index (χ1) is 11.7. The lowest BCUT2D eigenvalue weighted by Gasteiger charge is -1.96. The van der Waals surface area contributed by atoms with Gasteiger partial charge in [-0.1, -0.05) is 59.9 Å². The largest absolute Gasteiger partial charge is 0.493 e. The van der Waals surface area contributed by atoms with Crippen molar-refractivity contribution in [3.8, 4) is 17.1 Å². The number of aromatic hydroxyl groups is 1. The van der Waals surface area contributed by atoms with Crippen molar-refractivity contribution < 1.29 is 5.11 Å². The number of azo groups is 1. The Bertz CT molecular complexity index is 1030. The molecule has 0 radical (unpaired) electrons. The van der Waals surface area contributed by atoms with Gasteiger partial charge >= 0.3 is 0 Å². The third-order valence-corrected chi connectivity index (χ3v) is 4.58. The van der Waals surface area contributed by atoms with Crippen molar-refractivity contribution in [1.29, 1.82) is 0 Å². The molecule has 24 heavy (non-hydrogen) atoms. The highest BCUT2D eigenvalue weighted by Crippen LogP contribution is 2.37.